The zero-order valence-corrected chi connectivity index (χ0v) is 6.59. The summed E-state index contributed by atoms with van der Waals surface area (Å²) in [7, 11) is 0. The third-order valence-corrected chi connectivity index (χ3v) is 1.65. The first-order valence-corrected chi connectivity index (χ1v) is 3.71. The number of aliphatic imine (C=N–C) groups is 1. The van der Waals surface area contributed by atoms with Gasteiger partial charge in [-0.25, -0.2) is 0 Å². The standard InChI is InChI=1S/C9H13N/c1-3-9-5-4-8(2)10-7-6-9/h5-7H,3-4H2,1-2H3. The molecule has 0 saturated heterocycles. The SMILES string of the molecule is CCC1=CCC(C)=NC=C1. The highest BCUT2D eigenvalue weighted by Crippen LogP contribution is 2.08. The molecule has 0 radical (unpaired) electrons. The highest BCUT2D eigenvalue weighted by molar-refractivity contribution is 5.84. The fraction of sp³-hybridized carbons (Fsp3) is 0.444. The van der Waals surface area contributed by atoms with Crippen LogP contribution >= 0.6 is 0 Å². The first kappa shape index (κ1) is 7.26. The molecule has 1 rings (SSSR count). The molecule has 0 aliphatic carbocycles. The first-order valence-electron chi connectivity index (χ1n) is 3.71. The highest BCUT2D eigenvalue weighted by atomic mass is 14.7. The molecule has 0 spiro atoms. The van der Waals surface area contributed by atoms with Crippen molar-refractivity contribution in [3.8, 4) is 0 Å². The van der Waals surface area contributed by atoms with Gasteiger partial charge in [0.05, 0.1) is 0 Å². The fourth-order valence-corrected chi connectivity index (χ4v) is 0.922. The third kappa shape index (κ3) is 1.83. The lowest BCUT2D eigenvalue weighted by Crippen LogP contribution is -1.84. The van der Waals surface area contributed by atoms with Crippen LogP contribution in [0.2, 0.25) is 0 Å². The molecule has 54 valence electrons. The van der Waals surface area contributed by atoms with Crippen molar-refractivity contribution in [2.75, 3.05) is 0 Å². The van der Waals surface area contributed by atoms with Crippen LogP contribution < -0.4 is 0 Å². The summed E-state index contributed by atoms with van der Waals surface area (Å²) in [5.41, 5.74) is 2.58. The van der Waals surface area contributed by atoms with Crippen LogP contribution in [0.25, 0.3) is 0 Å². The van der Waals surface area contributed by atoms with Crippen molar-refractivity contribution in [2.24, 2.45) is 4.99 Å². The second-order valence-corrected chi connectivity index (χ2v) is 2.52. The zero-order valence-electron chi connectivity index (χ0n) is 6.59. The quantitative estimate of drug-likeness (QED) is 0.524. The van der Waals surface area contributed by atoms with E-state index in [1.54, 1.807) is 0 Å². The van der Waals surface area contributed by atoms with E-state index in [1.165, 1.54) is 11.3 Å². The maximum atomic E-state index is 4.21. The van der Waals surface area contributed by atoms with Crippen LogP contribution in [0.5, 0.6) is 0 Å². The largest absolute Gasteiger partial charge is 0.266 e. The molecule has 0 bridgehead atoms. The van der Waals surface area contributed by atoms with Crippen molar-refractivity contribution >= 4 is 5.71 Å². The van der Waals surface area contributed by atoms with Crippen LogP contribution in [0.15, 0.2) is 28.9 Å². The summed E-state index contributed by atoms with van der Waals surface area (Å²) in [6.07, 6.45) is 8.33. The Hall–Kier alpha value is -0.850. The van der Waals surface area contributed by atoms with E-state index in [1.807, 2.05) is 6.20 Å². The summed E-state index contributed by atoms with van der Waals surface area (Å²) < 4.78 is 0. The minimum atomic E-state index is 1.01. The fourth-order valence-electron chi connectivity index (χ4n) is 0.922. The second kappa shape index (κ2) is 3.35. The molecule has 1 aliphatic heterocycles. The molecule has 0 aromatic rings. The predicted molar refractivity (Wildman–Crippen MR) is 45.2 cm³/mol. The summed E-state index contributed by atoms with van der Waals surface area (Å²) in [4.78, 5) is 4.21. The second-order valence-electron chi connectivity index (χ2n) is 2.52. The van der Waals surface area contributed by atoms with Gasteiger partial charge in [0, 0.05) is 18.3 Å². The minimum Gasteiger partial charge on any atom is -0.266 e. The summed E-state index contributed by atoms with van der Waals surface area (Å²) in [6, 6.07) is 0. The van der Waals surface area contributed by atoms with Crippen LogP contribution in [0.4, 0.5) is 0 Å². The van der Waals surface area contributed by atoms with E-state index in [0.717, 1.165) is 12.8 Å². The minimum absolute atomic E-state index is 1.01. The van der Waals surface area contributed by atoms with Gasteiger partial charge in [-0.2, -0.15) is 0 Å². The zero-order chi connectivity index (χ0) is 7.40. The molecule has 0 N–H and O–H groups in total. The average molecular weight is 135 g/mol. The Morgan fingerprint density at radius 1 is 1.60 bits per heavy atom. The average Bonchev–Trinajstić information content (AvgIpc) is 2.14. The summed E-state index contributed by atoms with van der Waals surface area (Å²) >= 11 is 0. The lowest BCUT2D eigenvalue weighted by atomic mass is 10.1. The number of hydrogen-bond donors (Lipinski definition) is 0. The molecule has 0 fully saturated rings. The summed E-state index contributed by atoms with van der Waals surface area (Å²) in [6.45, 7) is 4.22. The molecule has 0 aromatic heterocycles. The molecule has 0 aromatic carbocycles. The molecule has 1 heteroatoms. The number of rotatable bonds is 1. The Labute approximate surface area is 62.2 Å². The van der Waals surface area contributed by atoms with E-state index < -0.39 is 0 Å². The lowest BCUT2D eigenvalue weighted by Gasteiger charge is -1.92. The van der Waals surface area contributed by atoms with Gasteiger partial charge in [0.15, 0.2) is 0 Å². The van der Waals surface area contributed by atoms with E-state index in [-0.39, 0.29) is 0 Å². The predicted octanol–water partition coefficient (Wildman–Crippen LogP) is 2.70. The van der Waals surface area contributed by atoms with Crippen molar-refractivity contribution in [3.05, 3.63) is 23.9 Å². The van der Waals surface area contributed by atoms with E-state index >= 15 is 0 Å². The molecule has 0 amide bonds. The molecule has 0 unspecified atom stereocenters. The van der Waals surface area contributed by atoms with Crippen molar-refractivity contribution in [1.29, 1.82) is 0 Å². The van der Waals surface area contributed by atoms with E-state index in [0.29, 0.717) is 0 Å². The topological polar surface area (TPSA) is 12.4 Å². The van der Waals surface area contributed by atoms with Gasteiger partial charge in [-0.15, -0.1) is 0 Å². The molecular formula is C9H13N. The van der Waals surface area contributed by atoms with Gasteiger partial charge in [-0.05, 0) is 19.4 Å². The molecule has 1 heterocycles. The van der Waals surface area contributed by atoms with Gasteiger partial charge in [-0.1, -0.05) is 18.6 Å². The Bertz CT molecular complexity index is 197. The smallest absolute Gasteiger partial charge is 0.0269 e. The maximum Gasteiger partial charge on any atom is 0.0269 e. The van der Waals surface area contributed by atoms with E-state index in [4.69, 9.17) is 0 Å². The summed E-state index contributed by atoms with van der Waals surface area (Å²) in [5.74, 6) is 0. The van der Waals surface area contributed by atoms with Crippen LogP contribution in [0.1, 0.15) is 26.7 Å². The van der Waals surface area contributed by atoms with E-state index in [9.17, 15) is 0 Å². The van der Waals surface area contributed by atoms with Gasteiger partial charge in [-0.3, -0.25) is 4.99 Å². The number of allylic oxidation sites excluding steroid dienone is 3. The van der Waals surface area contributed by atoms with E-state index in [2.05, 4.69) is 31.0 Å². The van der Waals surface area contributed by atoms with Crippen LogP contribution in [-0.2, 0) is 0 Å². The number of nitrogens with zero attached hydrogens (tertiary/aromatic N) is 1. The van der Waals surface area contributed by atoms with Gasteiger partial charge in [0.1, 0.15) is 0 Å². The Balaban J connectivity index is 2.69. The van der Waals surface area contributed by atoms with Crippen molar-refractivity contribution in [1.82, 2.24) is 0 Å². The first-order chi connectivity index (χ1) is 4.83. The molecule has 0 saturated carbocycles. The van der Waals surface area contributed by atoms with Crippen molar-refractivity contribution < 1.29 is 0 Å². The Morgan fingerprint density at radius 2 is 2.40 bits per heavy atom. The monoisotopic (exact) mass is 135 g/mol. The highest BCUT2D eigenvalue weighted by Gasteiger charge is 1.93. The Morgan fingerprint density at radius 3 is 3.10 bits per heavy atom. The molecular weight excluding hydrogens is 122 g/mol. The van der Waals surface area contributed by atoms with Gasteiger partial charge in [0.2, 0.25) is 0 Å². The molecule has 10 heavy (non-hydrogen) atoms. The van der Waals surface area contributed by atoms with Gasteiger partial charge < -0.3 is 0 Å². The third-order valence-electron chi connectivity index (χ3n) is 1.65. The maximum absolute atomic E-state index is 4.21. The van der Waals surface area contributed by atoms with Gasteiger partial charge in [0.25, 0.3) is 0 Å². The normalized spacial score (nSPS) is 17.8. The summed E-state index contributed by atoms with van der Waals surface area (Å²) in [5, 5.41) is 0. The molecule has 1 nitrogen and oxygen atoms in total. The van der Waals surface area contributed by atoms with Crippen LogP contribution in [0.3, 0.4) is 0 Å². The number of hydrogen-bond acceptors (Lipinski definition) is 1. The lowest BCUT2D eigenvalue weighted by molar-refractivity contribution is 1.13. The van der Waals surface area contributed by atoms with Crippen LogP contribution in [-0.4, -0.2) is 5.71 Å². The van der Waals surface area contributed by atoms with Crippen molar-refractivity contribution in [2.45, 2.75) is 26.7 Å². The Kier molecular flexibility index (Phi) is 2.43. The van der Waals surface area contributed by atoms with Crippen molar-refractivity contribution in [3.63, 3.8) is 0 Å². The molecule has 1 aliphatic rings. The van der Waals surface area contributed by atoms with Crippen LogP contribution in [0, 0.1) is 0 Å². The van der Waals surface area contributed by atoms with Gasteiger partial charge >= 0.3 is 0 Å². The molecule has 0 atom stereocenters.